The number of Topliss-reactive ketones (excluding diaryl/α,β-unsaturated/α-hetero) is 1. The minimum Gasteiger partial charge on any atom is -0.354 e. The van der Waals surface area contributed by atoms with E-state index in [0.717, 1.165) is 24.1 Å². The monoisotopic (exact) mass is 316 g/mol. The van der Waals surface area contributed by atoms with Gasteiger partial charge in [0.2, 0.25) is 0 Å². The summed E-state index contributed by atoms with van der Waals surface area (Å²) >= 11 is 5.83. The number of rotatable bonds is 2. The summed E-state index contributed by atoms with van der Waals surface area (Å²) in [5.74, 6) is -0.0166. The van der Waals surface area contributed by atoms with Crippen molar-refractivity contribution in [3.8, 4) is 0 Å². The Kier molecular flexibility index (Phi) is 4.03. The standard InChI is InChI=1S/C17H17ClN2O2/c1-20-10-11(9-14-15(20)3-2-4-16(14)21)17(22)19-13-7-5-12(18)6-8-13/h5-8,10H,2-4,9H2,1H3,(H,19,22). The van der Waals surface area contributed by atoms with Crippen LogP contribution in [0.3, 0.4) is 0 Å². The highest BCUT2D eigenvalue weighted by atomic mass is 35.5. The number of hydrogen-bond acceptors (Lipinski definition) is 3. The second-order valence-electron chi connectivity index (χ2n) is 5.61. The molecule has 0 fully saturated rings. The quantitative estimate of drug-likeness (QED) is 0.908. The van der Waals surface area contributed by atoms with Gasteiger partial charge >= 0.3 is 0 Å². The van der Waals surface area contributed by atoms with E-state index in [1.165, 1.54) is 0 Å². The minimum absolute atomic E-state index is 0.165. The normalized spacial score (nSPS) is 18.0. The fourth-order valence-electron chi connectivity index (χ4n) is 2.90. The van der Waals surface area contributed by atoms with Crippen LogP contribution in [0, 0.1) is 0 Å². The second kappa shape index (κ2) is 5.97. The van der Waals surface area contributed by atoms with Gasteiger partial charge in [-0.05, 0) is 37.1 Å². The van der Waals surface area contributed by atoms with Crippen molar-refractivity contribution in [3.05, 3.63) is 52.3 Å². The first-order chi connectivity index (χ1) is 10.5. The summed E-state index contributed by atoms with van der Waals surface area (Å²) in [4.78, 5) is 26.4. The number of carbonyl (C=O) groups is 2. The number of benzene rings is 1. The fraction of sp³-hybridized carbons (Fsp3) is 0.294. The van der Waals surface area contributed by atoms with E-state index in [-0.39, 0.29) is 11.7 Å². The van der Waals surface area contributed by atoms with Crippen molar-refractivity contribution in [3.63, 3.8) is 0 Å². The van der Waals surface area contributed by atoms with Crippen LogP contribution in [-0.4, -0.2) is 23.6 Å². The van der Waals surface area contributed by atoms with Gasteiger partial charge in [-0.25, -0.2) is 0 Å². The summed E-state index contributed by atoms with van der Waals surface area (Å²) in [5.41, 5.74) is 3.14. The maximum atomic E-state index is 12.4. The van der Waals surface area contributed by atoms with Crippen LogP contribution in [0.15, 0.2) is 47.3 Å². The van der Waals surface area contributed by atoms with E-state index < -0.39 is 0 Å². The van der Waals surface area contributed by atoms with Crippen molar-refractivity contribution < 1.29 is 9.59 Å². The van der Waals surface area contributed by atoms with Crippen LogP contribution >= 0.6 is 11.6 Å². The molecule has 1 heterocycles. The summed E-state index contributed by atoms with van der Waals surface area (Å²) in [5, 5.41) is 3.47. The average Bonchev–Trinajstić information content (AvgIpc) is 2.50. The van der Waals surface area contributed by atoms with Gasteiger partial charge in [0, 0.05) is 53.6 Å². The maximum Gasteiger partial charge on any atom is 0.253 e. The zero-order valence-electron chi connectivity index (χ0n) is 12.4. The summed E-state index contributed by atoms with van der Waals surface area (Å²) in [7, 11) is 1.89. The molecule has 1 aromatic carbocycles. The lowest BCUT2D eigenvalue weighted by molar-refractivity contribution is -0.116. The lowest BCUT2D eigenvalue weighted by Gasteiger charge is -2.31. The molecular formula is C17H17ClN2O2. The molecule has 1 aliphatic heterocycles. The Morgan fingerprint density at radius 1 is 1.23 bits per heavy atom. The highest BCUT2D eigenvalue weighted by Gasteiger charge is 2.28. The van der Waals surface area contributed by atoms with Gasteiger partial charge in [0.1, 0.15) is 0 Å². The number of allylic oxidation sites excluding steroid dienone is 2. The predicted molar refractivity (Wildman–Crippen MR) is 86.4 cm³/mol. The number of hydrogen-bond donors (Lipinski definition) is 1. The number of anilines is 1. The SMILES string of the molecule is CN1C=C(C(=O)Nc2ccc(Cl)cc2)CC2=C1CCCC2=O. The zero-order valence-corrected chi connectivity index (χ0v) is 13.1. The third-order valence-electron chi connectivity index (χ3n) is 4.04. The third-order valence-corrected chi connectivity index (χ3v) is 4.29. The molecule has 0 unspecified atom stereocenters. The average molecular weight is 317 g/mol. The maximum absolute atomic E-state index is 12.4. The molecule has 0 saturated heterocycles. The molecule has 0 spiro atoms. The highest BCUT2D eigenvalue weighted by molar-refractivity contribution is 6.30. The minimum atomic E-state index is -0.181. The van der Waals surface area contributed by atoms with Gasteiger partial charge in [0.15, 0.2) is 5.78 Å². The Hall–Kier alpha value is -2.07. The van der Waals surface area contributed by atoms with E-state index in [0.29, 0.717) is 29.1 Å². The van der Waals surface area contributed by atoms with Crippen LogP contribution in [0.5, 0.6) is 0 Å². The molecule has 3 rings (SSSR count). The Morgan fingerprint density at radius 3 is 2.68 bits per heavy atom. The van der Waals surface area contributed by atoms with Gasteiger partial charge in [-0.15, -0.1) is 0 Å². The van der Waals surface area contributed by atoms with Crippen molar-refractivity contribution in [1.29, 1.82) is 0 Å². The summed E-state index contributed by atoms with van der Waals surface area (Å²) in [6.45, 7) is 0. The number of nitrogens with one attached hydrogen (secondary N) is 1. The Morgan fingerprint density at radius 2 is 1.95 bits per heavy atom. The Labute approximate surface area is 134 Å². The number of ketones is 1. The molecule has 0 bridgehead atoms. The Bertz CT molecular complexity index is 689. The number of amides is 1. The molecule has 2 aliphatic rings. The molecule has 1 aliphatic carbocycles. The van der Waals surface area contributed by atoms with Crippen molar-refractivity contribution in [2.45, 2.75) is 25.7 Å². The number of halogens is 1. The lowest BCUT2D eigenvalue weighted by Crippen LogP contribution is -2.28. The highest BCUT2D eigenvalue weighted by Crippen LogP contribution is 2.33. The molecule has 1 amide bonds. The lowest BCUT2D eigenvalue weighted by atomic mass is 9.87. The molecule has 1 aromatic rings. The molecule has 5 heteroatoms. The topological polar surface area (TPSA) is 49.4 Å². The smallest absolute Gasteiger partial charge is 0.253 e. The molecule has 0 saturated carbocycles. The van der Waals surface area contributed by atoms with Crippen molar-refractivity contribution >= 4 is 29.0 Å². The summed E-state index contributed by atoms with van der Waals surface area (Å²) in [6.07, 6.45) is 4.61. The van der Waals surface area contributed by atoms with Gasteiger partial charge in [-0.1, -0.05) is 11.6 Å². The van der Waals surface area contributed by atoms with E-state index >= 15 is 0 Å². The van der Waals surface area contributed by atoms with Gasteiger partial charge in [-0.2, -0.15) is 0 Å². The Balaban J connectivity index is 1.76. The predicted octanol–water partition coefficient (Wildman–Crippen LogP) is 3.51. The van der Waals surface area contributed by atoms with Crippen molar-refractivity contribution in [2.24, 2.45) is 0 Å². The van der Waals surface area contributed by atoms with Crippen LogP contribution in [0.2, 0.25) is 5.02 Å². The van der Waals surface area contributed by atoms with Gasteiger partial charge in [0.25, 0.3) is 5.91 Å². The molecular weight excluding hydrogens is 300 g/mol. The van der Waals surface area contributed by atoms with E-state index in [2.05, 4.69) is 5.32 Å². The largest absolute Gasteiger partial charge is 0.354 e. The molecule has 0 atom stereocenters. The van der Waals surface area contributed by atoms with Crippen LogP contribution in [-0.2, 0) is 9.59 Å². The first-order valence-corrected chi connectivity index (χ1v) is 7.68. The molecule has 4 nitrogen and oxygen atoms in total. The van der Waals surface area contributed by atoms with Gasteiger partial charge in [0.05, 0.1) is 0 Å². The molecule has 114 valence electrons. The number of nitrogens with zero attached hydrogens (tertiary/aromatic N) is 1. The van der Waals surface area contributed by atoms with Gasteiger partial charge < -0.3 is 10.2 Å². The number of carbonyl (C=O) groups excluding carboxylic acids is 2. The first kappa shape index (κ1) is 14.9. The van der Waals surface area contributed by atoms with Crippen LogP contribution in [0.25, 0.3) is 0 Å². The van der Waals surface area contributed by atoms with Gasteiger partial charge in [-0.3, -0.25) is 9.59 Å². The zero-order chi connectivity index (χ0) is 15.7. The summed E-state index contributed by atoms with van der Waals surface area (Å²) in [6, 6.07) is 6.96. The van der Waals surface area contributed by atoms with Crippen molar-refractivity contribution in [1.82, 2.24) is 4.90 Å². The van der Waals surface area contributed by atoms with E-state index in [1.807, 2.05) is 18.1 Å². The molecule has 0 aromatic heterocycles. The van der Waals surface area contributed by atoms with E-state index in [4.69, 9.17) is 11.6 Å². The van der Waals surface area contributed by atoms with E-state index in [1.54, 1.807) is 24.3 Å². The van der Waals surface area contributed by atoms with Crippen LogP contribution in [0.4, 0.5) is 5.69 Å². The first-order valence-electron chi connectivity index (χ1n) is 7.30. The summed E-state index contributed by atoms with van der Waals surface area (Å²) < 4.78 is 0. The molecule has 22 heavy (non-hydrogen) atoms. The third kappa shape index (κ3) is 2.92. The molecule has 1 N–H and O–H groups in total. The fourth-order valence-corrected chi connectivity index (χ4v) is 3.03. The molecule has 0 radical (unpaired) electrons. The van der Waals surface area contributed by atoms with Crippen molar-refractivity contribution in [2.75, 3.05) is 12.4 Å². The van der Waals surface area contributed by atoms with Crippen LogP contribution < -0.4 is 5.32 Å². The van der Waals surface area contributed by atoms with Crippen LogP contribution in [0.1, 0.15) is 25.7 Å². The van der Waals surface area contributed by atoms with E-state index in [9.17, 15) is 9.59 Å². The second-order valence-corrected chi connectivity index (χ2v) is 6.04.